The number of carbonyl (C=O) groups is 3. The Balaban J connectivity index is 1.68. The van der Waals surface area contributed by atoms with Crippen molar-refractivity contribution in [3.63, 3.8) is 0 Å². The molecule has 15 nitrogen and oxygen atoms in total. The van der Waals surface area contributed by atoms with Crippen molar-refractivity contribution in [3.05, 3.63) is 87.1 Å². The minimum atomic E-state index is -2.08. The van der Waals surface area contributed by atoms with Crippen LogP contribution >= 0.6 is 15.9 Å². The second kappa shape index (κ2) is 19.1. The number of anilines is 1. The predicted octanol–water partition coefficient (Wildman–Crippen LogP) is 7.07. The number of methoxy groups -OCH3 is 1. The van der Waals surface area contributed by atoms with E-state index in [0.29, 0.717) is 0 Å². The fraction of sp³-hybridized carbons (Fsp3) is 0.422. The molecule has 0 saturated carbocycles. The third kappa shape index (κ3) is 9.57. The molecule has 5 bridgehead atoms. The van der Waals surface area contributed by atoms with Gasteiger partial charge in [0.1, 0.15) is 30.0 Å². The fourth-order valence-corrected chi connectivity index (χ4v) is 7.92. The monoisotopic (exact) mass is 908 g/mol. The van der Waals surface area contributed by atoms with Crippen LogP contribution < -0.4 is 10.1 Å². The van der Waals surface area contributed by atoms with E-state index in [4.69, 9.17) is 23.8 Å². The summed E-state index contributed by atoms with van der Waals surface area (Å²) in [5, 5.41) is 64.2. The Hall–Kier alpha value is -5.42. The van der Waals surface area contributed by atoms with E-state index >= 15 is 0 Å². The number of nitrogens with one attached hydrogen (secondary N) is 1. The molecule has 3 aromatic rings. The third-order valence-corrected chi connectivity index (χ3v) is 12.0. The number of fused-ring (bicyclic) bond motifs is 14. The zero-order chi connectivity index (χ0) is 45.1. The van der Waals surface area contributed by atoms with Crippen LogP contribution in [0.15, 0.2) is 70.0 Å². The van der Waals surface area contributed by atoms with Gasteiger partial charge in [-0.05, 0) is 37.6 Å². The van der Waals surface area contributed by atoms with Gasteiger partial charge in [-0.25, -0.2) is 0 Å². The zero-order valence-electron chi connectivity index (χ0n) is 35.4. The number of aliphatic hydroxyl groups is 2. The number of halogens is 1. The molecule has 6 N–H and O–H groups in total. The lowest BCUT2D eigenvalue weighted by atomic mass is 9.78. The van der Waals surface area contributed by atoms with E-state index < -0.39 is 88.8 Å². The van der Waals surface area contributed by atoms with Crippen molar-refractivity contribution in [2.75, 3.05) is 12.4 Å². The van der Waals surface area contributed by atoms with Gasteiger partial charge in [-0.15, -0.1) is 0 Å². The first kappa shape index (κ1) is 46.6. The van der Waals surface area contributed by atoms with Crippen molar-refractivity contribution in [3.8, 4) is 23.0 Å². The van der Waals surface area contributed by atoms with Crippen molar-refractivity contribution in [2.45, 2.75) is 92.2 Å². The summed E-state index contributed by atoms with van der Waals surface area (Å²) in [5.41, 5.74) is 0.0678. The normalized spacial score (nSPS) is 29.4. The number of amides is 1. The highest BCUT2D eigenvalue weighted by Gasteiger charge is 2.50. The number of Topliss-reactive ketones (excluding diaryl/α,β-unsaturated/α-hetero) is 1. The fourth-order valence-electron chi connectivity index (χ4n) is 7.65. The van der Waals surface area contributed by atoms with E-state index in [-0.39, 0.29) is 51.1 Å². The van der Waals surface area contributed by atoms with Crippen molar-refractivity contribution >= 4 is 56.3 Å². The summed E-state index contributed by atoms with van der Waals surface area (Å²) in [6.07, 6.45) is 4.45. The van der Waals surface area contributed by atoms with Crippen molar-refractivity contribution < 1.29 is 63.7 Å². The molecular formula is C45H53BrN2O13. The maximum atomic E-state index is 14.4. The molecule has 3 aromatic carbocycles. The van der Waals surface area contributed by atoms with Crippen LogP contribution in [0.5, 0.6) is 23.0 Å². The first-order valence-corrected chi connectivity index (χ1v) is 20.5. The van der Waals surface area contributed by atoms with E-state index in [0.717, 1.165) is 16.3 Å². The molecule has 0 radical (unpaired) electrons. The van der Waals surface area contributed by atoms with Crippen LogP contribution in [-0.2, 0) is 35.2 Å². The number of carbonyl (C=O) groups excluding carboxylic acids is 3. The molecule has 0 unspecified atom stereocenters. The van der Waals surface area contributed by atoms with Crippen LogP contribution in [0.1, 0.15) is 75.5 Å². The summed E-state index contributed by atoms with van der Waals surface area (Å²) in [4.78, 5) is 46.0. The Kier molecular flexibility index (Phi) is 14.6. The number of rotatable bonds is 6. The lowest BCUT2D eigenvalue weighted by molar-refractivity contribution is -0.160. The zero-order valence-corrected chi connectivity index (χ0v) is 37.0. The van der Waals surface area contributed by atoms with Crippen molar-refractivity contribution in [2.24, 2.45) is 28.8 Å². The summed E-state index contributed by atoms with van der Waals surface area (Å²) in [5.74, 6) is -8.77. The second-order valence-corrected chi connectivity index (χ2v) is 16.7. The molecule has 61 heavy (non-hydrogen) atoms. The molecule has 0 spiro atoms. The number of hydrogen-bond acceptors (Lipinski definition) is 14. The molecule has 3 aliphatic heterocycles. The van der Waals surface area contributed by atoms with Crippen molar-refractivity contribution in [1.29, 1.82) is 0 Å². The maximum absolute atomic E-state index is 14.4. The summed E-state index contributed by atoms with van der Waals surface area (Å²) in [6.45, 7) is 12.4. The number of allylic oxidation sites excluding steroid dienone is 2. The number of hydrogen-bond donors (Lipinski definition) is 6. The van der Waals surface area contributed by atoms with Crippen LogP contribution in [0, 0.1) is 30.6 Å². The van der Waals surface area contributed by atoms with Gasteiger partial charge < -0.3 is 54.6 Å². The Bertz CT molecular complexity index is 2290. The molecule has 9 atom stereocenters. The van der Waals surface area contributed by atoms with E-state index in [1.165, 1.54) is 53.2 Å². The lowest BCUT2D eigenvalue weighted by Gasteiger charge is -2.38. The number of esters is 1. The van der Waals surface area contributed by atoms with Gasteiger partial charge in [-0.2, -0.15) is 0 Å². The smallest absolute Gasteiger partial charge is 0.312 e. The van der Waals surface area contributed by atoms with Crippen molar-refractivity contribution in [1.82, 2.24) is 0 Å². The molecular weight excluding hydrogens is 856 g/mol. The second-order valence-electron chi connectivity index (χ2n) is 15.8. The summed E-state index contributed by atoms with van der Waals surface area (Å²) in [6, 6.07) is 7.25. The molecule has 0 aromatic heterocycles. The van der Waals surface area contributed by atoms with Crippen LogP contribution in [0.25, 0.3) is 10.8 Å². The summed E-state index contributed by atoms with van der Waals surface area (Å²) in [7, 11) is 1.43. The highest BCUT2D eigenvalue weighted by atomic mass is 79.9. The Morgan fingerprint density at radius 3 is 2.26 bits per heavy atom. The summed E-state index contributed by atoms with van der Waals surface area (Å²) >= 11 is 3.38. The molecule has 0 saturated heterocycles. The topological polar surface area (TPSA) is 223 Å². The highest BCUT2D eigenvalue weighted by molar-refractivity contribution is 9.10. The Morgan fingerprint density at radius 2 is 1.62 bits per heavy atom. The van der Waals surface area contributed by atoms with Gasteiger partial charge in [-0.3, -0.25) is 14.4 Å². The Morgan fingerprint density at radius 1 is 0.951 bits per heavy atom. The molecule has 0 fully saturated rings. The minimum absolute atomic E-state index is 0.0158. The number of phenols is 3. The van der Waals surface area contributed by atoms with Gasteiger partial charge >= 0.3 is 11.8 Å². The first-order chi connectivity index (χ1) is 28.7. The van der Waals surface area contributed by atoms with E-state index in [9.17, 15) is 39.9 Å². The average Bonchev–Trinajstić information content (AvgIpc) is 3.49. The number of aliphatic hydroxyl groups excluding tert-OH is 2. The molecule has 3 heterocycles. The number of ketones is 1. The highest BCUT2D eigenvalue weighted by Crippen LogP contribution is 2.55. The molecule has 3 aliphatic rings. The number of aromatic hydroxyl groups is 3. The molecule has 328 valence electrons. The summed E-state index contributed by atoms with van der Waals surface area (Å²) < 4.78 is 24.4. The van der Waals surface area contributed by atoms with Gasteiger partial charge in [0.15, 0.2) is 5.75 Å². The molecule has 16 heteroatoms. The van der Waals surface area contributed by atoms with Gasteiger partial charge in [0.05, 0.1) is 53.0 Å². The Labute approximate surface area is 362 Å². The number of benzene rings is 3. The van der Waals surface area contributed by atoms with Crippen LogP contribution in [0.3, 0.4) is 0 Å². The number of nitrogens with zero attached hydrogens (tertiary/aromatic N) is 1. The van der Waals surface area contributed by atoms with Crippen LogP contribution in [0.4, 0.5) is 5.69 Å². The molecule has 6 rings (SSSR count). The standard InChI is InChI=1S/C45H53BrN2O13/c1-21-11-10-12-22(2)44(56)48-35-30(19-47-59-20-28-13-15-29(46)16-14-28)39(53)32-33(40(35)54)38(52)26(6)42-34(32)43(55)45(8,61-42)58-18-17-31(57-9)23(3)41(60-27(7)49)25(5)37(51)24(4)36(21)50/h10-19,21,23-25,31,36-37,41,50-54H,20H2,1-9H3,(H,48,56)/b11-10+,18-17+,22-12+,47-19+/t21-,23+,24+,25+,31-,36-,37+,41+,45-/m0/s1. The average molecular weight is 910 g/mol. The van der Waals surface area contributed by atoms with Gasteiger partial charge in [-0.1, -0.05) is 79.1 Å². The quantitative estimate of drug-likeness (QED) is 0.0480. The van der Waals surface area contributed by atoms with E-state index in [1.54, 1.807) is 52.0 Å². The number of phenolic OH excluding ortho intramolecular Hbond substituents is 3. The van der Waals surface area contributed by atoms with Crippen LogP contribution in [0.2, 0.25) is 0 Å². The van der Waals surface area contributed by atoms with Gasteiger partial charge in [0.2, 0.25) is 0 Å². The predicted molar refractivity (Wildman–Crippen MR) is 230 cm³/mol. The van der Waals surface area contributed by atoms with Gasteiger partial charge in [0.25, 0.3) is 11.7 Å². The molecule has 0 aliphatic carbocycles. The minimum Gasteiger partial charge on any atom is -0.507 e. The SMILES string of the molecule is CO[C@H]1/C=C/O[C@@]2(C)Oc3c(C)c(O)c4c(O)c(c(/C=N/OCc5ccc(Br)cc5)c(O)c4c3C2=O)NC(=O)/C(C)=C/C=C/[C@H](C)[C@H](O)[C@@H](C)[C@@H](O)[C@@H](C)[C@H](OC(C)=O)[C@@H]1C. The third-order valence-electron chi connectivity index (χ3n) is 11.4. The lowest BCUT2D eigenvalue weighted by Crippen LogP contribution is -2.46. The largest absolute Gasteiger partial charge is 0.507 e. The van der Waals surface area contributed by atoms with Gasteiger partial charge in [0, 0.05) is 65.6 Å². The number of ether oxygens (including phenoxy) is 4. The number of oxime groups is 1. The molecule has 1 amide bonds. The van der Waals surface area contributed by atoms with Crippen LogP contribution in [-0.4, -0.2) is 86.7 Å². The first-order valence-electron chi connectivity index (χ1n) is 19.7. The maximum Gasteiger partial charge on any atom is 0.312 e. The van der Waals surface area contributed by atoms with E-state index in [1.807, 2.05) is 12.1 Å². The van der Waals surface area contributed by atoms with E-state index in [2.05, 4.69) is 26.4 Å².